The van der Waals surface area contributed by atoms with Crippen molar-refractivity contribution in [3.8, 4) is 0 Å². The fourth-order valence-corrected chi connectivity index (χ4v) is 4.54. The Morgan fingerprint density at radius 3 is 2.85 bits per heavy atom. The van der Waals surface area contributed by atoms with Crippen molar-refractivity contribution >= 4 is 47.5 Å². The summed E-state index contributed by atoms with van der Waals surface area (Å²) in [5.41, 5.74) is -0.630. The second-order valence-electron chi connectivity index (χ2n) is 6.82. The molecule has 3 rings (SSSR count). The average molecular weight is 491 g/mol. The minimum absolute atomic E-state index is 0. The minimum Gasteiger partial charge on any atom is -0.387 e. The zero-order valence-corrected chi connectivity index (χ0v) is 18.5. The molecule has 0 aromatic carbocycles. The Labute approximate surface area is 177 Å². The quantitative estimate of drug-likeness (QED) is 0.333. The molecule has 146 valence electrons. The largest absolute Gasteiger partial charge is 0.387 e. The first kappa shape index (κ1) is 21.6. The number of aromatic nitrogens is 1. The number of nitrogens with zero attached hydrogens (tertiary/aromatic N) is 3. The van der Waals surface area contributed by atoms with E-state index in [0.29, 0.717) is 12.6 Å². The van der Waals surface area contributed by atoms with Crippen LogP contribution in [0.1, 0.15) is 26.2 Å². The van der Waals surface area contributed by atoms with E-state index in [4.69, 9.17) is 0 Å². The smallest absolute Gasteiger partial charge is 0.191 e. The van der Waals surface area contributed by atoms with Crippen molar-refractivity contribution in [2.24, 2.45) is 4.99 Å². The number of nitrogens with one attached hydrogen (secondary N) is 2. The van der Waals surface area contributed by atoms with Gasteiger partial charge in [-0.25, -0.2) is 4.98 Å². The van der Waals surface area contributed by atoms with E-state index in [2.05, 4.69) is 38.5 Å². The highest BCUT2D eigenvalue weighted by Crippen LogP contribution is 2.27. The molecule has 6 nitrogen and oxygen atoms in total. The molecule has 3 heterocycles. The molecule has 0 radical (unpaired) electrons. The lowest BCUT2D eigenvalue weighted by Crippen LogP contribution is -2.49. The van der Waals surface area contributed by atoms with Gasteiger partial charge in [-0.3, -0.25) is 4.99 Å². The van der Waals surface area contributed by atoms with Gasteiger partial charge in [0.1, 0.15) is 5.82 Å². The molecule has 1 aromatic rings. The molecule has 0 bridgehead atoms. The highest BCUT2D eigenvalue weighted by atomic mass is 127. The van der Waals surface area contributed by atoms with Gasteiger partial charge in [-0.05, 0) is 44.1 Å². The zero-order chi connectivity index (χ0) is 17.5. The average Bonchev–Trinajstić information content (AvgIpc) is 3.08. The normalized spacial score (nSPS) is 24.2. The van der Waals surface area contributed by atoms with Crippen LogP contribution in [0.3, 0.4) is 0 Å². The predicted molar refractivity (Wildman–Crippen MR) is 121 cm³/mol. The van der Waals surface area contributed by atoms with Gasteiger partial charge in [0.25, 0.3) is 0 Å². The zero-order valence-electron chi connectivity index (χ0n) is 15.4. The number of piperidine rings is 1. The van der Waals surface area contributed by atoms with Crippen LogP contribution < -0.4 is 15.5 Å². The Balaban J connectivity index is 0.00000243. The molecule has 0 aliphatic carbocycles. The van der Waals surface area contributed by atoms with E-state index in [1.807, 2.05) is 30.1 Å². The van der Waals surface area contributed by atoms with E-state index in [-0.39, 0.29) is 24.0 Å². The van der Waals surface area contributed by atoms with Crippen LogP contribution in [0.4, 0.5) is 5.82 Å². The van der Waals surface area contributed by atoms with Crippen molar-refractivity contribution in [1.82, 2.24) is 15.6 Å². The molecule has 0 spiro atoms. The Morgan fingerprint density at radius 1 is 1.42 bits per heavy atom. The third-order valence-corrected chi connectivity index (χ3v) is 6.00. The van der Waals surface area contributed by atoms with Crippen molar-refractivity contribution in [2.45, 2.75) is 37.8 Å². The number of anilines is 1. The monoisotopic (exact) mass is 491 g/mol. The molecular formula is C18H30IN5OS. The summed E-state index contributed by atoms with van der Waals surface area (Å²) in [6.45, 7) is 5.36. The van der Waals surface area contributed by atoms with Gasteiger partial charge in [0.15, 0.2) is 5.96 Å². The topological polar surface area (TPSA) is 72.8 Å². The SMILES string of the molecule is CCNC(=NCC1(O)CCSC1)NC1CCN(c2ccccn2)CC1.I. The molecule has 1 aromatic heterocycles. The van der Waals surface area contributed by atoms with Crippen molar-refractivity contribution in [2.75, 3.05) is 42.6 Å². The summed E-state index contributed by atoms with van der Waals surface area (Å²) in [7, 11) is 0. The number of aliphatic imine (C=N–C) groups is 1. The van der Waals surface area contributed by atoms with Crippen molar-refractivity contribution < 1.29 is 5.11 Å². The minimum atomic E-state index is -0.630. The van der Waals surface area contributed by atoms with E-state index in [9.17, 15) is 5.11 Å². The Hall–Kier alpha value is -0.740. The maximum Gasteiger partial charge on any atom is 0.191 e. The second kappa shape index (κ2) is 10.6. The Morgan fingerprint density at radius 2 is 2.23 bits per heavy atom. The maximum absolute atomic E-state index is 10.5. The van der Waals surface area contributed by atoms with E-state index in [1.165, 1.54) is 0 Å². The molecule has 26 heavy (non-hydrogen) atoms. The second-order valence-corrected chi connectivity index (χ2v) is 7.92. The lowest BCUT2D eigenvalue weighted by molar-refractivity contribution is 0.0778. The van der Waals surface area contributed by atoms with Crippen molar-refractivity contribution in [3.05, 3.63) is 24.4 Å². The summed E-state index contributed by atoms with van der Waals surface area (Å²) < 4.78 is 0. The molecule has 1 unspecified atom stereocenters. The summed E-state index contributed by atoms with van der Waals surface area (Å²) >= 11 is 1.81. The summed E-state index contributed by atoms with van der Waals surface area (Å²) in [6.07, 6.45) is 4.80. The van der Waals surface area contributed by atoms with E-state index in [1.54, 1.807) is 0 Å². The van der Waals surface area contributed by atoms with Crippen LogP contribution in [-0.4, -0.2) is 65.4 Å². The molecule has 0 saturated carbocycles. The molecule has 3 N–H and O–H groups in total. The van der Waals surface area contributed by atoms with E-state index >= 15 is 0 Å². The third kappa shape index (κ3) is 6.16. The molecule has 2 aliphatic rings. The number of thioether (sulfide) groups is 1. The Kier molecular flexibility index (Phi) is 8.75. The van der Waals surface area contributed by atoms with Gasteiger partial charge < -0.3 is 20.6 Å². The van der Waals surface area contributed by atoms with Gasteiger partial charge in [0.2, 0.25) is 0 Å². The van der Waals surface area contributed by atoms with Crippen LogP contribution >= 0.6 is 35.7 Å². The molecule has 2 saturated heterocycles. The lowest BCUT2D eigenvalue weighted by Gasteiger charge is -2.34. The fourth-order valence-electron chi connectivity index (χ4n) is 3.25. The Bertz CT molecular complexity index is 560. The molecule has 8 heteroatoms. The molecular weight excluding hydrogens is 461 g/mol. The van der Waals surface area contributed by atoms with Crippen molar-refractivity contribution in [3.63, 3.8) is 0 Å². The number of rotatable bonds is 5. The number of halogens is 1. The standard InChI is InChI=1S/C18H29N5OS.HI/c1-2-19-17(21-13-18(24)8-12-25-14-18)22-15-6-10-23(11-7-15)16-5-3-4-9-20-16;/h3-5,9,15,24H,2,6-8,10-14H2,1H3,(H2,19,21,22);1H. The summed E-state index contributed by atoms with van der Waals surface area (Å²) in [6, 6.07) is 6.47. The van der Waals surface area contributed by atoms with Gasteiger partial charge in [-0.15, -0.1) is 24.0 Å². The molecule has 1 atom stereocenters. The lowest BCUT2D eigenvalue weighted by atomic mass is 10.0. The number of hydrogen-bond donors (Lipinski definition) is 3. The van der Waals surface area contributed by atoms with Crippen LogP contribution in [0.5, 0.6) is 0 Å². The number of pyridine rings is 1. The van der Waals surface area contributed by atoms with Gasteiger partial charge in [-0.1, -0.05) is 6.07 Å². The molecule has 2 fully saturated rings. The predicted octanol–water partition coefficient (Wildman–Crippen LogP) is 2.09. The van der Waals surface area contributed by atoms with Crippen LogP contribution in [0.15, 0.2) is 29.4 Å². The van der Waals surface area contributed by atoms with Crippen LogP contribution in [0.2, 0.25) is 0 Å². The van der Waals surface area contributed by atoms with Crippen LogP contribution in [-0.2, 0) is 0 Å². The summed E-state index contributed by atoms with van der Waals surface area (Å²) in [5.74, 6) is 3.70. The van der Waals surface area contributed by atoms with Crippen molar-refractivity contribution in [1.29, 1.82) is 0 Å². The first-order valence-corrected chi connectivity index (χ1v) is 10.3. The number of guanidine groups is 1. The summed E-state index contributed by atoms with van der Waals surface area (Å²) in [5, 5.41) is 17.3. The van der Waals surface area contributed by atoms with Gasteiger partial charge >= 0.3 is 0 Å². The van der Waals surface area contributed by atoms with E-state index < -0.39 is 5.60 Å². The highest BCUT2D eigenvalue weighted by molar-refractivity contribution is 14.0. The number of hydrogen-bond acceptors (Lipinski definition) is 5. The molecule has 0 amide bonds. The first-order chi connectivity index (χ1) is 12.2. The van der Waals surface area contributed by atoms with Crippen LogP contribution in [0.25, 0.3) is 0 Å². The van der Waals surface area contributed by atoms with Gasteiger partial charge in [0, 0.05) is 37.6 Å². The fraction of sp³-hybridized carbons (Fsp3) is 0.667. The van der Waals surface area contributed by atoms with E-state index in [0.717, 1.165) is 62.2 Å². The van der Waals surface area contributed by atoms with Crippen LogP contribution in [0, 0.1) is 0 Å². The summed E-state index contributed by atoms with van der Waals surface area (Å²) in [4.78, 5) is 11.4. The first-order valence-electron chi connectivity index (χ1n) is 9.19. The van der Waals surface area contributed by atoms with Gasteiger partial charge in [-0.2, -0.15) is 11.8 Å². The maximum atomic E-state index is 10.5. The molecule has 2 aliphatic heterocycles. The highest BCUT2D eigenvalue weighted by Gasteiger charge is 2.31. The number of aliphatic hydroxyl groups is 1. The third-order valence-electron chi connectivity index (χ3n) is 4.77. The van der Waals surface area contributed by atoms with Gasteiger partial charge in [0.05, 0.1) is 12.1 Å².